The zero-order chi connectivity index (χ0) is 13.4. The molecule has 0 unspecified atom stereocenters. The first kappa shape index (κ1) is 12.1. The van der Waals surface area contributed by atoms with E-state index in [2.05, 4.69) is 35.9 Å². The summed E-state index contributed by atoms with van der Waals surface area (Å²) < 4.78 is 6.05. The Morgan fingerprint density at radius 3 is 2.63 bits per heavy atom. The van der Waals surface area contributed by atoms with Gasteiger partial charge in [-0.25, -0.2) is 9.97 Å². The van der Waals surface area contributed by atoms with Crippen LogP contribution in [0.15, 0.2) is 29.9 Å². The van der Waals surface area contributed by atoms with Crippen LogP contribution >= 0.6 is 11.3 Å². The maximum atomic E-state index is 6.05. The fraction of sp³-hybridized carbons (Fsp3) is 0.200. The zero-order valence-electron chi connectivity index (χ0n) is 11.1. The lowest BCUT2D eigenvalue weighted by molar-refractivity contribution is 0.461. The van der Waals surface area contributed by atoms with Crippen molar-refractivity contribution in [3.63, 3.8) is 0 Å². The second kappa shape index (κ2) is 4.63. The van der Waals surface area contributed by atoms with Gasteiger partial charge in [-0.05, 0) is 48.9 Å². The number of thiophene rings is 1. The molecule has 3 rings (SSSR count). The lowest BCUT2D eigenvalue weighted by atomic mass is 10.1. The van der Waals surface area contributed by atoms with Crippen LogP contribution in [0, 0.1) is 20.8 Å². The molecule has 2 heterocycles. The molecule has 0 bridgehead atoms. The van der Waals surface area contributed by atoms with E-state index in [0.717, 1.165) is 27.1 Å². The van der Waals surface area contributed by atoms with Gasteiger partial charge in [-0.15, -0.1) is 11.3 Å². The highest BCUT2D eigenvalue weighted by molar-refractivity contribution is 7.16. The van der Waals surface area contributed by atoms with E-state index in [9.17, 15) is 0 Å². The summed E-state index contributed by atoms with van der Waals surface area (Å²) in [4.78, 5) is 9.44. The number of aromatic nitrogens is 2. The minimum Gasteiger partial charge on any atom is -0.438 e. The monoisotopic (exact) mass is 270 g/mol. The van der Waals surface area contributed by atoms with E-state index in [4.69, 9.17) is 4.74 Å². The number of rotatable bonds is 2. The topological polar surface area (TPSA) is 35.0 Å². The highest BCUT2D eigenvalue weighted by Crippen LogP contribution is 2.33. The van der Waals surface area contributed by atoms with Crippen molar-refractivity contribution in [2.75, 3.05) is 0 Å². The molecule has 2 aromatic heterocycles. The van der Waals surface area contributed by atoms with Crippen molar-refractivity contribution in [3.8, 4) is 11.6 Å². The summed E-state index contributed by atoms with van der Waals surface area (Å²) in [5, 5.41) is 2.97. The average Bonchev–Trinajstić information content (AvgIpc) is 2.88. The van der Waals surface area contributed by atoms with E-state index in [0.29, 0.717) is 5.88 Å². The molecule has 0 aliphatic heterocycles. The van der Waals surface area contributed by atoms with Gasteiger partial charge in [0.1, 0.15) is 16.9 Å². The second-order valence-electron chi connectivity index (χ2n) is 4.57. The first-order valence-electron chi connectivity index (χ1n) is 6.09. The zero-order valence-corrected chi connectivity index (χ0v) is 11.9. The average molecular weight is 270 g/mol. The lowest BCUT2D eigenvalue weighted by Gasteiger charge is -2.13. The van der Waals surface area contributed by atoms with Crippen molar-refractivity contribution in [1.82, 2.24) is 9.97 Å². The number of benzene rings is 1. The molecular formula is C15H14N2OS. The summed E-state index contributed by atoms with van der Waals surface area (Å²) >= 11 is 1.59. The van der Waals surface area contributed by atoms with Crippen LogP contribution in [0.4, 0.5) is 0 Å². The van der Waals surface area contributed by atoms with E-state index in [1.165, 1.54) is 5.56 Å². The predicted octanol–water partition coefficient (Wildman–Crippen LogP) is 4.41. The van der Waals surface area contributed by atoms with Gasteiger partial charge in [0, 0.05) is 0 Å². The van der Waals surface area contributed by atoms with E-state index < -0.39 is 0 Å². The highest BCUT2D eigenvalue weighted by atomic mass is 32.1. The van der Waals surface area contributed by atoms with Crippen molar-refractivity contribution < 1.29 is 4.74 Å². The summed E-state index contributed by atoms with van der Waals surface area (Å²) in [5.74, 6) is 1.52. The Morgan fingerprint density at radius 2 is 1.79 bits per heavy atom. The fourth-order valence-electron chi connectivity index (χ4n) is 2.03. The van der Waals surface area contributed by atoms with Gasteiger partial charge in [0.15, 0.2) is 0 Å². The first-order valence-corrected chi connectivity index (χ1v) is 6.97. The van der Waals surface area contributed by atoms with Crippen molar-refractivity contribution in [3.05, 3.63) is 46.6 Å². The van der Waals surface area contributed by atoms with Crippen molar-refractivity contribution in [2.45, 2.75) is 20.8 Å². The van der Waals surface area contributed by atoms with Gasteiger partial charge in [0.05, 0.1) is 5.39 Å². The van der Waals surface area contributed by atoms with Crippen LogP contribution in [-0.2, 0) is 0 Å². The molecule has 0 atom stereocenters. The van der Waals surface area contributed by atoms with Crippen LogP contribution in [0.5, 0.6) is 11.6 Å². The van der Waals surface area contributed by atoms with E-state index in [-0.39, 0.29) is 0 Å². The van der Waals surface area contributed by atoms with Gasteiger partial charge >= 0.3 is 0 Å². The molecule has 0 aliphatic rings. The Balaban J connectivity index is 2.11. The first-order chi connectivity index (χ1) is 9.16. The molecule has 96 valence electrons. The van der Waals surface area contributed by atoms with Crippen LogP contribution in [0.1, 0.15) is 16.7 Å². The Hall–Kier alpha value is -1.94. The largest absolute Gasteiger partial charge is 0.438 e. The van der Waals surface area contributed by atoms with E-state index in [1.54, 1.807) is 17.7 Å². The van der Waals surface area contributed by atoms with Crippen LogP contribution in [0.25, 0.3) is 10.2 Å². The second-order valence-corrected chi connectivity index (χ2v) is 5.47. The molecule has 3 nitrogen and oxygen atoms in total. The maximum absolute atomic E-state index is 6.05. The lowest BCUT2D eigenvalue weighted by Crippen LogP contribution is -1.95. The summed E-state index contributed by atoms with van der Waals surface area (Å²) in [6.45, 7) is 6.21. The number of fused-ring (bicyclic) bond motifs is 1. The normalized spacial score (nSPS) is 10.9. The van der Waals surface area contributed by atoms with Crippen molar-refractivity contribution in [2.24, 2.45) is 0 Å². The summed E-state index contributed by atoms with van der Waals surface area (Å²) in [6.07, 6.45) is 1.55. The molecule has 0 saturated heterocycles. The van der Waals surface area contributed by atoms with E-state index in [1.807, 2.05) is 18.4 Å². The van der Waals surface area contributed by atoms with Gasteiger partial charge in [0.2, 0.25) is 5.88 Å². The summed E-state index contributed by atoms with van der Waals surface area (Å²) in [7, 11) is 0. The Kier molecular flexibility index (Phi) is 2.95. The molecule has 1 aromatic carbocycles. The van der Waals surface area contributed by atoms with Crippen LogP contribution in [0.2, 0.25) is 0 Å². The third kappa shape index (κ3) is 2.08. The minimum atomic E-state index is 0.628. The van der Waals surface area contributed by atoms with Crippen molar-refractivity contribution >= 4 is 21.6 Å². The van der Waals surface area contributed by atoms with Gasteiger partial charge in [-0.3, -0.25) is 0 Å². The maximum Gasteiger partial charge on any atom is 0.231 e. The summed E-state index contributed by atoms with van der Waals surface area (Å²) in [6, 6.07) is 6.18. The van der Waals surface area contributed by atoms with E-state index >= 15 is 0 Å². The Labute approximate surface area is 115 Å². The number of nitrogens with zero attached hydrogens (tertiary/aromatic N) is 2. The smallest absolute Gasteiger partial charge is 0.231 e. The molecular weight excluding hydrogens is 256 g/mol. The molecule has 19 heavy (non-hydrogen) atoms. The SMILES string of the molecule is Cc1ccc(C)c(Oc2ncnc3sccc23)c1C. The quantitative estimate of drug-likeness (QED) is 0.692. The molecule has 0 radical (unpaired) electrons. The predicted molar refractivity (Wildman–Crippen MR) is 78.1 cm³/mol. The molecule has 0 amide bonds. The van der Waals surface area contributed by atoms with Gasteiger partial charge in [-0.1, -0.05) is 12.1 Å². The minimum absolute atomic E-state index is 0.628. The van der Waals surface area contributed by atoms with Crippen molar-refractivity contribution in [1.29, 1.82) is 0 Å². The van der Waals surface area contributed by atoms with Crippen LogP contribution in [-0.4, -0.2) is 9.97 Å². The Morgan fingerprint density at radius 1 is 1.00 bits per heavy atom. The molecule has 0 aliphatic carbocycles. The van der Waals surface area contributed by atoms with Gasteiger partial charge in [-0.2, -0.15) is 0 Å². The number of aryl methyl sites for hydroxylation is 2. The highest BCUT2D eigenvalue weighted by Gasteiger charge is 2.11. The van der Waals surface area contributed by atoms with Crippen LogP contribution < -0.4 is 4.74 Å². The Bertz CT molecular complexity index is 749. The molecule has 0 saturated carbocycles. The van der Waals surface area contributed by atoms with Crippen LogP contribution in [0.3, 0.4) is 0 Å². The molecule has 4 heteroatoms. The third-order valence-corrected chi connectivity index (χ3v) is 4.12. The molecule has 0 spiro atoms. The fourth-order valence-corrected chi connectivity index (χ4v) is 2.75. The van der Waals surface area contributed by atoms with Gasteiger partial charge in [0.25, 0.3) is 0 Å². The number of hydrogen-bond donors (Lipinski definition) is 0. The number of hydrogen-bond acceptors (Lipinski definition) is 4. The standard InChI is InChI=1S/C15H14N2OS/c1-9-4-5-10(2)13(11(9)3)18-14-12-6-7-19-15(12)17-8-16-14/h4-8H,1-3H3. The molecule has 3 aromatic rings. The third-order valence-electron chi connectivity index (χ3n) is 3.30. The number of ether oxygens (including phenoxy) is 1. The molecule has 0 N–H and O–H groups in total. The summed E-state index contributed by atoms with van der Waals surface area (Å²) in [5.41, 5.74) is 3.49. The molecule has 0 fully saturated rings. The van der Waals surface area contributed by atoms with Gasteiger partial charge < -0.3 is 4.74 Å².